The van der Waals surface area contributed by atoms with Crippen molar-refractivity contribution in [2.75, 3.05) is 33.4 Å². The number of carbonyl (C=O) groups excluding carboxylic acids is 2. The van der Waals surface area contributed by atoms with Crippen LogP contribution in [-0.4, -0.2) is 69.1 Å². The zero-order valence-corrected chi connectivity index (χ0v) is 22.2. The minimum absolute atomic E-state index is 0. The smallest absolute Gasteiger partial charge is 0.410 e. The first-order chi connectivity index (χ1) is 17.4. The maximum Gasteiger partial charge on any atom is 0.410 e. The molecule has 1 atom stereocenters. The first-order valence-electron chi connectivity index (χ1n) is 13.2. The van der Waals surface area contributed by atoms with E-state index in [1.165, 1.54) is 17.5 Å². The van der Waals surface area contributed by atoms with Gasteiger partial charge in [0.2, 0.25) is 0 Å². The van der Waals surface area contributed by atoms with Gasteiger partial charge in [0, 0.05) is 15.0 Å². The van der Waals surface area contributed by atoms with Crippen LogP contribution in [0.3, 0.4) is 0 Å². The quantitative estimate of drug-likeness (QED) is 0.298. The second-order valence-corrected chi connectivity index (χ2v) is 8.56. The number of nitrogens with zero attached hydrogens (tertiary/aromatic N) is 1. The fourth-order valence-electron chi connectivity index (χ4n) is 4.30. The Morgan fingerprint density at radius 2 is 1.75 bits per heavy atom. The molecule has 0 heterocycles. The lowest BCUT2D eigenvalue weighted by atomic mass is 9.83. The molecular weight excluding hydrogens is 470 g/mol. The van der Waals surface area contributed by atoms with E-state index >= 15 is 0 Å². The summed E-state index contributed by atoms with van der Waals surface area (Å²) in [5.74, 6) is 0.527. The number of amides is 2. The third-order valence-electron chi connectivity index (χ3n) is 6.06. The lowest BCUT2D eigenvalue weighted by molar-refractivity contribution is -0.0213. The van der Waals surface area contributed by atoms with Gasteiger partial charge in [0.1, 0.15) is 0 Å². The van der Waals surface area contributed by atoms with E-state index in [0.717, 1.165) is 25.7 Å². The number of rotatable bonds is 13. The van der Waals surface area contributed by atoms with Gasteiger partial charge in [-0.1, -0.05) is 51.1 Å². The molecule has 1 N–H and O–H groups in total. The van der Waals surface area contributed by atoms with Crippen molar-refractivity contribution < 1.29 is 34.0 Å². The highest BCUT2D eigenvalue weighted by atomic mass is 19.3. The van der Waals surface area contributed by atoms with Crippen LogP contribution in [0.5, 0.6) is 0 Å². The van der Waals surface area contributed by atoms with Gasteiger partial charge in [0.15, 0.2) is 6.61 Å². The largest absolute Gasteiger partial charge is 0.450 e. The van der Waals surface area contributed by atoms with Crippen LogP contribution >= 0.6 is 0 Å². The minimum Gasteiger partial charge on any atom is -0.450 e. The molecule has 1 unspecified atom stereocenters. The Morgan fingerprint density at radius 3 is 2.33 bits per heavy atom. The average Bonchev–Trinajstić information content (AvgIpc) is 2.92. The van der Waals surface area contributed by atoms with Gasteiger partial charge in [0.25, 0.3) is 6.43 Å². The summed E-state index contributed by atoms with van der Waals surface area (Å²) in [6, 6.07) is 10.1. The number of hydrogen-bond donors (Lipinski definition) is 1. The fourth-order valence-corrected chi connectivity index (χ4v) is 4.30. The van der Waals surface area contributed by atoms with Crippen LogP contribution in [0.15, 0.2) is 30.3 Å². The minimum atomic E-state index is -2.72. The van der Waals surface area contributed by atoms with Gasteiger partial charge >= 0.3 is 12.2 Å². The number of alkyl halides is 2. The van der Waals surface area contributed by atoms with Crippen LogP contribution in [0, 0.1) is 0 Å². The van der Waals surface area contributed by atoms with Crippen LogP contribution in [0.4, 0.5) is 18.4 Å². The van der Waals surface area contributed by atoms with E-state index in [-0.39, 0.29) is 26.8 Å². The Kier molecular flexibility index (Phi) is 16.5. The lowest BCUT2D eigenvalue weighted by Gasteiger charge is -2.34. The topological polar surface area (TPSA) is 77.1 Å². The molecule has 9 heteroatoms. The molecule has 0 spiro atoms. The molecule has 208 valence electrons. The zero-order valence-electron chi connectivity index (χ0n) is 22.2. The van der Waals surface area contributed by atoms with Crippen LogP contribution in [0.2, 0.25) is 0 Å². The van der Waals surface area contributed by atoms with Crippen molar-refractivity contribution in [2.45, 2.75) is 90.2 Å². The third kappa shape index (κ3) is 12.0. The number of halogens is 2. The molecule has 0 saturated heterocycles. The van der Waals surface area contributed by atoms with Crippen molar-refractivity contribution in [1.82, 2.24) is 10.2 Å². The molecule has 0 radical (unpaired) electrons. The summed E-state index contributed by atoms with van der Waals surface area (Å²) in [5.41, 5.74) is 1.35. The predicted octanol–water partition coefficient (Wildman–Crippen LogP) is 6.62. The zero-order chi connectivity index (χ0) is 26.8. The van der Waals surface area contributed by atoms with Gasteiger partial charge in [0.05, 0.1) is 25.4 Å². The van der Waals surface area contributed by atoms with E-state index in [1.807, 2.05) is 26.8 Å². The third-order valence-corrected chi connectivity index (χ3v) is 6.06. The maximum atomic E-state index is 12.6. The Labute approximate surface area is 216 Å². The number of nitrogens with one attached hydrogen (secondary N) is 1. The van der Waals surface area contributed by atoms with Crippen molar-refractivity contribution in [1.29, 1.82) is 0 Å². The second-order valence-electron chi connectivity index (χ2n) is 8.56. The van der Waals surface area contributed by atoms with Crippen LogP contribution in [0.1, 0.15) is 78.6 Å². The Balaban J connectivity index is 0.00000421. The highest BCUT2D eigenvalue weighted by Gasteiger charge is 2.28. The Bertz CT molecular complexity index is 722. The molecule has 0 bridgehead atoms. The maximum absolute atomic E-state index is 12.6. The number of alkyl carbamates (subject to hydrolysis) is 1. The van der Waals surface area contributed by atoms with Gasteiger partial charge < -0.3 is 24.4 Å². The van der Waals surface area contributed by atoms with Gasteiger partial charge in [-0.2, -0.15) is 0 Å². The van der Waals surface area contributed by atoms with Crippen LogP contribution in [-0.2, 0) is 14.2 Å². The van der Waals surface area contributed by atoms with E-state index in [0.29, 0.717) is 31.7 Å². The normalized spacial score (nSPS) is 18.0. The molecule has 1 aromatic carbocycles. The Hall–Kier alpha value is -2.42. The molecule has 0 aliphatic heterocycles. The van der Waals surface area contributed by atoms with E-state index < -0.39 is 25.2 Å². The molecule has 2 rings (SSSR count). The standard InChI is InChI=1S/C25H38F2N2O5.C2H6.H2/c1-3-15-29(25(31)34-18-23(26)27)21(10-7-16-32-24(30)28-2)17-33-22-13-11-20(12-14-22)19-8-5-4-6-9-19;1-2;/h4-6,8-9,20-23H,3,7,10-18H2,1-2H3,(H,28,30);1-2H3;1H. The number of carbonyl (C=O) groups is 2. The van der Waals surface area contributed by atoms with Crippen molar-refractivity contribution in [3.05, 3.63) is 35.9 Å². The van der Waals surface area contributed by atoms with Gasteiger partial charge in [-0.3, -0.25) is 0 Å². The SMILES string of the molecule is CC.CCCN(C(=O)OCC(F)F)C(CCCOC(=O)NC)COC1CCC(c2ccccc2)CC1.[HH]. The molecular formula is C27H46F2N2O5. The van der Waals surface area contributed by atoms with Crippen molar-refractivity contribution >= 4 is 12.2 Å². The second kappa shape index (κ2) is 18.8. The first-order valence-corrected chi connectivity index (χ1v) is 13.2. The molecule has 1 fully saturated rings. The average molecular weight is 517 g/mol. The Morgan fingerprint density at radius 1 is 1.08 bits per heavy atom. The van der Waals surface area contributed by atoms with Crippen molar-refractivity contribution in [3.8, 4) is 0 Å². The molecule has 36 heavy (non-hydrogen) atoms. The number of hydrogen-bond acceptors (Lipinski definition) is 5. The summed E-state index contributed by atoms with van der Waals surface area (Å²) >= 11 is 0. The summed E-state index contributed by atoms with van der Waals surface area (Å²) in [7, 11) is 1.48. The van der Waals surface area contributed by atoms with Crippen LogP contribution < -0.4 is 5.32 Å². The molecule has 7 nitrogen and oxygen atoms in total. The summed E-state index contributed by atoms with van der Waals surface area (Å²) in [6.45, 7) is 5.81. The highest BCUT2D eigenvalue weighted by molar-refractivity contribution is 5.68. The summed E-state index contributed by atoms with van der Waals surface area (Å²) in [5, 5.41) is 2.38. The number of ether oxygens (including phenoxy) is 3. The van der Waals surface area contributed by atoms with Gasteiger partial charge in [-0.15, -0.1) is 0 Å². The monoisotopic (exact) mass is 516 g/mol. The summed E-state index contributed by atoms with van der Waals surface area (Å²) in [6.07, 6.45) is 1.66. The predicted molar refractivity (Wildman–Crippen MR) is 139 cm³/mol. The molecule has 0 aromatic heterocycles. The molecule has 2 amide bonds. The van der Waals surface area contributed by atoms with E-state index in [1.54, 1.807) is 0 Å². The molecule has 1 aliphatic carbocycles. The molecule has 1 aromatic rings. The molecule has 1 saturated carbocycles. The lowest BCUT2D eigenvalue weighted by Crippen LogP contribution is -2.45. The number of benzene rings is 1. The van der Waals surface area contributed by atoms with Gasteiger partial charge in [-0.05, 0) is 56.4 Å². The van der Waals surface area contributed by atoms with E-state index in [9.17, 15) is 18.4 Å². The van der Waals surface area contributed by atoms with Crippen LogP contribution in [0.25, 0.3) is 0 Å². The van der Waals surface area contributed by atoms with Crippen molar-refractivity contribution in [3.63, 3.8) is 0 Å². The van der Waals surface area contributed by atoms with E-state index in [4.69, 9.17) is 14.2 Å². The molecule has 1 aliphatic rings. The summed E-state index contributed by atoms with van der Waals surface area (Å²) < 4.78 is 41.2. The fraction of sp³-hybridized carbons (Fsp3) is 0.704. The summed E-state index contributed by atoms with van der Waals surface area (Å²) in [4.78, 5) is 25.3. The van der Waals surface area contributed by atoms with Crippen molar-refractivity contribution in [2.24, 2.45) is 0 Å². The van der Waals surface area contributed by atoms with E-state index in [2.05, 4.69) is 29.6 Å². The first kappa shape index (κ1) is 31.6. The highest BCUT2D eigenvalue weighted by Crippen LogP contribution is 2.34. The van der Waals surface area contributed by atoms with Gasteiger partial charge in [-0.25, -0.2) is 18.4 Å².